The van der Waals surface area contributed by atoms with E-state index in [1.165, 1.54) is 5.56 Å². The van der Waals surface area contributed by atoms with Gasteiger partial charge in [-0.25, -0.2) is 0 Å². The molecule has 1 N–H and O–H groups in total. The van der Waals surface area contributed by atoms with E-state index < -0.39 is 0 Å². The van der Waals surface area contributed by atoms with E-state index in [1.54, 1.807) is 6.20 Å². The Balaban J connectivity index is 2.47. The molecule has 1 atom stereocenters. The highest BCUT2D eigenvalue weighted by molar-refractivity contribution is 5.35. The van der Waals surface area contributed by atoms with Gasteiger partial charge in [-0.2, -0.15) is 0 Å². The van der Waals surface area contributed by atoms with Crippen molar-refractivity contribution in [3.63, 3.8) is 0 Å². The normalized spacial score (nSPS) is 26.8. The summed E-state index contributed by atoms with van der Waals surface area (Å²) in [7, 11) is 0. The summed E-state index contributed by atoms with van der Waals surface area (Å²) in [5.74, 6) is 0.563. The van der Waals surface area contributed by atoms with Crippen LogP contribution in [-0.4, -0.2) is 10.1 Å². The molecule has 0 fully saturated rings. The van der Waals surface area contributed by atoms with Crippen molar-refractivity contribution in [2.45, 2.75) is 38.5 Å². The van der Waals surface area contributed by atoms with E-state index in [9.17, 15) is 5.11 Å². The van der Waals surface area contributed by atoms with Crippen LogP contribution in [0.15, 0.2) is 35.9 Å². The second kappa shape index (κ2) is 3.69. The minimum absolute atomic E-state index is 0.0312. The van der Waals surface area contributed by atoms with Gasteiger partial charge in [0.05, 0.1) is 5.76 Å². The van der Waals surface area contributed by atoms with Gasteiger partial charge in [-0.05, 0) is 37.0 Å². The van der Waals surface area contributed by atoms with Crippen LogP contribution in [0.3, 0.4) is 0 Å². The van der Waals surface area contributed by atoms with Gasteiger partial charge in [0.1, 0.15) is 0 Å². The molecule has 2 rings (SSSR count). The van der Waals surface area contributed by atoms with Crippen LogP contribution >= 0.6 is 0 Å². The number of nitrogens with zero attached hydrogens (tertiary/aromatic N) is 1. The van der Waals surface area contributed by atoms with E-state index >= 15 is 0 Å². The highest BCUT2D eigenvalue weighted by Gasteiger charge is 2.33. The van der Waals surface area contributed by atoms with Crippen LogP contribution in [0, 0.1) is 0 Å². The van der Waals surface area contributed by atoms with Crippen LogP contribution in [-0.2, 0) is 5.41 Å². The number of hydrogen-bond donors (Lipinski definition) is 1. The quantitative estimate of drug-likeness (QED) is 0.759. The summed E-state index contributed by atoms with van der Waals surface area (Å²) in [6.45, 7) is 4.22. The maximum Gasteiger partial charge on any atom is 0.0920 e. The number of aliphatic hydroxyl groups is 1. The summed E-state index contributed by atoms with van der Waals surface area (Å²) < 4.78 is 0. The lowest BCUT2D eigenvalue weighted by molar-refractivity contribution is 0.320. The predicted molar refractivity (Wildman–Crippen MR) is 60.8 cm³/mol. The van der Waals surface area contributed by atoms with Crippen LogP contribution in [0.4, 0.5) is 0 Å². The first-order valence-electron chi connectivity index (χ1n) is 5.44. The average molecular weight is 203 g/mol. The molecule has 1 aromatic heterocycles. The summed E-state index contributed by atoms with van der Waals surface area (Å²) >= 11 is 0. The molecule has 15 heavy (non-hydrogen) atoms. The van der Waals surface area contributed by atoms with E-state index in [0.717, 1.165) is 24.8 Å². The van der Waals surface area contributed by atoms with Gasteiger partial charge in [0, 0.05) is 24.2 Å². The molecule has 0 aliphatic heterocycles. The van der Waals surface area contributed by atoms with Crippen LogP contribution < -0.4 is 0 Å². The van der Waals surface area contributed by atoms with E-state index in [2.05, 4.69) is 18.0 Å². The topological polar surface area (TPSA) is 33.1 Å². The summed E-state index contributed by atoms with van der Waals surface area (Å²) in [6, 6.07) is 4.05. The highest BCUT2D eigenvalue weighted by Crippen LogP contribution is 2.41. The largest absolute Gasteiger partial charge is 0.512 e. The fourth-order valence-electron chi connectivity index (χ4n) is 2.35. The molecule has 0 bridgehead atoms. The maximum absolute atomic E-state index is 9.83. The molecule has 0 saturated heterocycles. The smallest absolute Gasteiger partial charge is 0.0920 e. The average Bonchev–Trinajstić information content (AvgIpc) is 2.27. The Labute approximate surface area is 90.7 Å². The molecule has 80 valence electrons. The number of pyridine rings is 1. The summed E-state index contributed by atoms with van der Waals surface area (Å²) in [6.07, 6.45) is 6.65. The third-order valence-electron chi connectivity index (χ3n) is 3.65. The Bertz CT molecular complexity index is 383. The van der Waals surface area contributed by atoms with Crippen molar-refractivity contribution < 1.29 is 5.11 Å². The van der Waals surface area contributed by atoms with Crippen molar-refractivity contribution in [3.05, 3.63) is 41.4 Å². The van der Waals surface area contributed by atoms with Crippen LogP contribution in [0.5, 0.6) is 0 Å². The minimum atomic E-state index is -0.0312. The molecule has 1 aliphatic rings. The van der Waals surface area contributed by atoms with E-state index in [0.29, 0.717) is 5.76 Å². The SMILES string of the molecule is CC1=C(O)CCC[C@]1(C)c1cccnc1. The van der Waals surface area contributed by atoms with E-state index in [1.807, 2.05) is 19.2 Å². The van der Waals surface area contributed by atoms with Gasteiger partial charge in [-0.15, -0.1) is 0 Å². The van der Waals surface area contributed by atoms with Gasteiger partial charge in [-0.1, -0.05) is 13.0 Å². The lowest BCUT2D eigenvalue weighted by Gasteiger charge is -2.35. The fourth-order valence-corrected chi connectivity index (χ4v) is 2.35. The Hall–Kier alpha value is -1.31. The molecule has 0 aromatic carbocycles. The van der Waals surface area contributed by atoms with Crippen molar-refractivity contribution in [1.82, 2.24) is 4.98 Å². The molecular formula is C13H17NO. The van der Waals surface area contributed by atoms with Gasteiger partial charge >= 0.3 is 0 Å². The molecule has 2 heteroatoms. The molecule has 2 nitrogen and oxygen atoms in total. The Morgan fingerprint density at radius 3 is 2.93 bits per heavy atom. The fraction of sp³-hybridized carbons (Fsp3) is 0.462. The zero-order chi connectivity index (χ0) is 10.9. The predicted octanol–water partition coefficient (Wildman–Crippen LogP) is 3.36. The number of aromatic nitrogens is 1. The lowest BCUT2D eigenvalue weighted by atomic mass is 9.70. The van der Waals surface area contributed by atoms with E-state index in [4.69, 9.17) is 0 Å². The van der Waals surface area contributed by atoms with Gasteiger partial charge in [-0.3, -0.25) is 4.98 Å². The Kier molecular flexibility index (Phi) is 2.51. The standard InChI is InChI=1S/C13H17NO/c1-10-12(15)6-3-7-13(10,2)11-5-4-8-14-9-11/h4-5,8-9,15H,3,6-7H2,1-2H3/t13-/m0/s1. The molecule has 0 radical (unpaired) electrons. The molecule has 1 heterocycles. The van der Waals surface area contributed by atoms with Gasteiger partial charge in [0.2, 0.25) is 0 Å². The minimum Gasteiger partial charge on any atom is -0.512 e. The second-order valence-corrected chi connectivity index (χ2v) is 4.50. The summed E-state index contributed by atoms with van der Waals surface area (Å²) in [4.78, 5) is 4.16. The van der Waals surface area contributed by atoms with Crippen LogP contribution in [0.25, 0.3) is 0 Å². The lowest BCUT2D eigenvalue weighted by Crippen LogP contribution is -2.27. The van der Waals surface area contributed by atoms with Crippen molar-refractivity contribution >= 4 is 0 Å². The first-order chi connectivity index (χ1) is 7.14. The van der Waals surface area contributed by atoms with Crippen molar-refractivity contribution in [2.75, 3.05) is 0 Å². The van der Waals surface area contributed by atoms with Crippen molar-refractivity contribution in [1.29, 1.82) is 0 Å². The summed E-state index contributed by atoms with van der Waals surface area (Å²) in [5.41, 5.74) is 2.27. The zero-order valence-electron chi connectivity index (χ0n) is 9.33. The Morgan fingerprint density at radius 1 is 1.47 bits per heavy atom. The third kappa shape index (κ3) is 1.65. The van der Waals surface area contributed by atoms with Gasteiger partial charge < -0.3 is 5.11 Å². The number of rotatable bonds is 1. The Morgan fingerprint density at radius 2 is 2.27 bits per heavy atom. The molecule has 0 spiro atoms. The van der Waals surface area contributed by atoms with Crippen molar-refractivity contribution in [3.8, 4) is 0 Å². The molecule has 0 amide bonds. The third-order valence-corrected chi connectivity index (χ3v) is 3.65. The van der Waals surface area contributed by atoms with Gasteiger partial charge in [0.25, 0.3) is 0 Å². The van der Waals surface area contributed by atoms with Crippen LogP contribution in [0.2, 0.25) is 0 Å². The van der Waals surface area contributed by atoms with E-state index in [-0.39, 0.29) is 5.41 Å². The summed E-state index contributed by atoms with van der Waals surface area (Å²) in [5, 5.41) is 9.83. The van der Waals surface area contributed by atoms with Gasteiger partial charge in [0.15, 0.2) is 0 Å². The zero-order valence-corrected chi connectivity index (χ0v) is 9.33. The first-order valence-corrected chi connectivity index (χ1v) is 5.44. The molecule has 0 saturated carbocycles. The second-order valence-electron chi connectivity index (χ2n) is 4.50. The maximum atomic E-state index is 9.83. The number of allylic oxidation sites excluding steroid dienone is 2. The van der Waals surface area contributed by atoms with Crippen LogP contribution in [0.1, 0.15) is 38.7 Å². The number of aliphatic hydroxyl groups excluding tert-OH is 1. The monoisotopic (exact) mass is 203 g/mol. The first kappa shape index (κ1) is 10.2. The number of hydrogen-bond acceptors (Lipinski definition) is 2. The molecule has 1 aromatic rings. The molecular weight excluding hydrogens is 186 g/mol. The van der Waals surface area contributed by atoms with Crippen molar-refractivity contribution in [2.24, 2.45) is 0 Å². The highest BCUT2D eigenvalue weighted by atomic mass is 16.3. The molecule has 0 unspecified atom stereocenters. The molecule has 1 aliphatic carbocycles.